The smallest absolute Gasteiger partial charge is 0.227 e. The van der Waals surface area contributed by atoms with Crippen molar-refractivity contribution in [2.75, 3.05) is 26.0 Å². The first-order chi connectivity index (χ1) is 10.0. The van der Waals surface area contributed by atoms with Gasteiger partial charge in [0.25, 0.3) is 0 Å². The highest BCUT2D eigenvalue weighted by molar-refractivity contribution is 5.93. The number of halogens is 2. The highest BCUT2D eigenvalue weighted by Gasteiger charge is 2.32. The third kappa shape index (κ3) is 5.96. The lowest BCUT2D eigenvalue weighted by atomic mass is 9.95. The summed E-state index contributed by atoms with van der Waals surface area (Å²) in [6, 6.07) is 6.20. The van der Waals surface area contributed by atoms with Crippen LogP contribution in [0, 0.1) is 18.8 Å². The number of benzene rings is 1. The van der Waals surface area contributed by atoms with Crippen molar-refractivity contribution in [3.63, 3.8) is 0 Å². The Morgan fingerprint density at radius 3 is 2.61 bits per heavy atom. The van der Waals surface area contributed by atoms with Crippen LogP contribution in [0.4, 0.5) is 5.69 Å². The molecular formula is C17H29Cl2N3O. The van der Waals surface area contributed by atoms with E-state index in [1.807, 2.05) is 26.2 Å². The number of hydrogen-bond donors (Lipinski definition) is 2. The number of nitrogens with one attached hydrogen (secondary N) is 1. The van der Waals surface area contributed by atoms with Gasteiger partial charge in [0.15, 0.2) is 0 Å². The van der Waals surface area contributed by atoms with Crippen LogP contribution in [0.5, 0.6) is 0 Å². The number of hydrogen-bond acceptors (Lipinski definition) is 3. The first-order valence-corrected chi connectivity index (χ1v) is 7.76. The summed E-state index contributed by atoms with van der Waals surface area (Å²) >= 11 is 0. The maximum atomic E-state index is 12.5. The van der Waals surface area contributed by atoms with E-state index >= 15 is 0 Å². The van der Waals surface area contributed by atoms with Crippen molar-refractivity contribution in [1.82, 2.24) is 4.90 Å². The largest absolute Gasteiger partial charge is 0.330 e. The fourth-order valence-corrected chi connectivity index (χ4v) is 3.21. The Labute approximate surface area is 152 Å². The molecule has 0 unspecified atom stereocenters. The van der Waals surface area contributed by atoms with Crippen LogP contribution in [-0.4, -0.2) is 31.4 Å². The van der Waals surface area contributed by atoms with E-state index in [1.54, 1.807) is 0 Å². The van der Waals surface area contributed by atoms with Crippen molar-refractivity contribution in [3.05, 3.63) is 29.3 Å². The number of rotatable bonds is 5. The lowest BCUT2D eigenvalue weighted by Gasteiger charge is -2.20. The van der Waals surface area contributed by atoms with Crippen molar-refractivity contribution in [2.45, 2.75) is 32.7 Å². The number of carbonyl (C=O) groups excluding carboxylic acids is 1. The summed E-state index contributed by atoms with van der Waals surface area (Å²) in [6.45, 7) is 3.50. The Hall–Kier alpha value is -0.810. The number of nitrogens with two attached hydrogens (primary N) is 1. The molecule has 0 bridgehead atoms. The summed E-state index contributed by atoms with van der Waals surface area (Å²) in [7, 11) is 4.07. The van der Waals surface area contributed by atoms with Gasteiger partial charge in [-0.25, -0.2) is 0 Å². The van der Waals surface area contributed by atoms with Crippen LogP contribution in [0.2, 0.25) is 0 Å². The molecule has 4 nitrogen and oxygen atoms in total. The van der Waals surface area contributed by atoms with E-state index in [0.29, 0.717) is 12.5 Å². The molecule has 6 heteroatoms. The number of nitrogens with zero attached hydrogens (tertiary/aromatic N) is 1. The van der Waals surface area contributed by atoms with Gasteiger partial charge in [0.05, 0.1) is 0 Å². The maximum absolute atomic E-state index is 12.5. The summed E-state index contributed by atoms with van der Waals surface area (Å²) in [4.78, 5) is 14.6. The standard InChI is InChI=1S/C17H27N3O.2ClH/c1-12-7-8-16(14(9-12)11-20(2)3)19-17(21)15-6-4-5-13(15)10-18;;/h7-9,13,15H,4-6,10-11,18H2,1-3H3,(H,19,21);2*1H/t13-,15-;;/m1../s1. The van der Waals surface area contributed by atoms with Crippen molar-refractivity contribution >= 4 is 36.4 Å². The molecule has 2 rings (SSSR count). The second-order valence-electron chi connectivity index (χ2n) is 6.42. The molecule has 132 valence electrons. The third-order valence-corrected chi connectivity index (χ3v) is 4.30. The number of aryl methyl sites for hydroxylation is 1. The minimum atomic E-state index is 0. The van der Waals surface area contributed by atoms with Crippen LogP contribution in [0.15, 0.2) is 18.2 Å². The van der Waals surface area contributed by atoms with E-state index in [9.17, 15) is 4.79 Å². The number of anilines is 1. The summed E-state index contributed by atoms with van der Waals surface area (Å²) in [5.74, 6) is 0.545. The lowest BCUT2D eigenvalue weighted by Crippen LogP contribution is -2.30. The molecule has 1 aromatic carbocycles. The average molecular weight is 362 g/mol. The molecule has 0 saturated heterocycles. The predicted octanol–water partition coefficient (Wildman–Crippen LogP) is 3.21. The van der Waals surface area contributed by atoms with Gasteiger partial charge in [0, 0.05) is 18.2 Å². The Morgan fingerprint density at radius 2 is 2.00 bits per heavy atom. The molecule has 1 aliphatic rings. The lowest BCUT2D eigenvalue weighted by molar-refractivity contribution is -0.120. The van der Waals surface area contributed by atoms with Gasteiger partial charge in [-0.15, -0.1) is 24.8 Å². The van der Waals surface area contributed by atoms with Crippen molar-refractivity contribution in [3.8, 4) is 0 Å². The third-order valence-electron chi connectivity index (χ3n) is 4.30. The molecule has 0 heterocycles. The zero-order valence-electron chi connectivity index (χ0n) is 14.2. The van der Waals surface area contributed by atoms with Crippen LogP contribution in [0.1, 0.15) is 30.4 Å². The summed E-state index contributed by atoms with van der Waals surface area (Å²) in [6.07, 6.45) is 3.15. The highest BCUT2D eigenvalue weighted by atomic mass is 35.5. The second-order valence-corrected chi connectivity index (χ2v) is 6.42. The molecule has 1 saturated carbocycles. The van der Waals surface area contributed by atoms with E-state index in [4.69, 9.17) is 5.73 Å². The molecule has 1 fully saturated rings. The Kier molecular flexibility index (Phi) is 9.78. The molecule has 3 N–H and O–H groups in total. The van der Waals surface area contributed by atoms with Gasteiger partial charge in [-0.3, -0.25) is 4.79 Å². The molecule has 1 aliphatic carbocycles. The Morgan fingerprint density at radius 1 is 1.30 bits per heavy atom. The summed E-state index contributed by atoms with van der Waals surface area (Å²) in [5.41, 5.74) is 9.09. The predicted molar refractivity (Wildman–Crippen MR) is 102 cm³/mol. The zero-order valence-corrected chi connectivity index (χ0v) is 15.8. The van der Waals surface area contributed by atoms with E-state index < -0.39 is 0 Å². The van der Waals surface area contributed by atoms with E-state index in [-0.39, 0.29) is 36.6 Å². The molecule has 0 aromatic heterocycles. The molecule has 2 atom stereocenters. The summed E-state index contributed by atoms with van der Waals surface area (Å²) < 4.78 is 0. The van der Waals surface area contributed by atoms with Gasteiger partial charge in [-0.1, -0.05) is 24.1 Å². The van der Waals surface area contributed by atoms with Gasteiger partial charge < -0.3 is 16.0 Å². The molecule has 23 heavy (non-hydrogen) atoms. The molecule has 0 spiro atoms. The number of carbonyl (C=O) groups is 1. The molecule has 0 radical (unpaired) electrons. The Bertz CT molecular complexity index is 509. The van der Waals surface area contributed by atoms with Crippen LogP contribution in [-0.2, 0) is 11.3 Å². The quantitative estimate of drug-likeness (QED) is 0.846. The van der Waals surface area contributed by atoms with E-state index in [1.165, 1.54) is 5.56 Å². The topological polar surface area (TPSA) is 58.4 Å². The van der Waals surface area contributed by atoms with Crippen LogP contribution in [0.25, 0.3) is 0 Å². The first kappa shape index (κ1) is 22.2. The molecule has 0 aliphatic heterocycles. The summed E-state index contributed by atoms with van der Waals surface area (Å²) in [5, 5.41) is 3.13. The van der Waals surface area contributed by atoms with Crippen molar-refractivity contribution < 1.29 is 4.79 Å². The maximum Gasteiger partial charge on any atom is 0.227 e. The number of amides is 1. The average Bonchev–Trinajstić information content (AvgIpc) is 2.89. The molecular weight excluding hydrogens is 333 g/mol. The van der Waals surface area contributed by atoms with Gasteiger partial charge in [-0.05, 0) is 58.0 Å². The van der Waals surface area contributed by atoms with Crippen molar-refractivity contribution in [2.24, 2.45) is 17.6 Å². The van der Waals surface area contributed by atoms with Crippen molar-refractivity contribution in [1.29, 1.82) is 0 Å². The first-order valence-electron chi connectivity index (χ1n) is 7.76. The molecule has 1 aromatic rings. The Balaban J connectivity index is 0.00000242. The second kappa shape index (κ2) is 10.1. The van der Waals surface area contributed by atoms with Crippen LogP contribution in [0.3, 0.4) is 0 Å². The fraction of sp³-hybridized carbons (Fsp3) is 0.588. The van der Waals surface area contributed by atoms with Gasteiger partial charge in [-0.2, -0.15) is 0 Å². The van der Waals surface area contributed by atoms with E-state index in [2.05, 4.69) is 23.2 Å². The minimum Gasteiger partial charge on any atom is -0.330 e. The normalized spacial score (nSPS) is 19.9. The van der Waals surface area contributed by atoms with Gasteiger partial charge >= 0.3 is 0 Å². The van der Waals surface area contributed by atoms with E-state index in [0.717, 1.165) is 37.1 Å². The minimum absolute atomic E-state index is 0. The fourth-order valence-electron chi connectivity index (χ4n) is 3.21. The van der Waals surface area contributed by atoms with Crippen LogP contribution < -0.4 is 11.1 Å². The molecule has 1 amide bonds. The SMILES string of the molecule is Cc1ccc(NC(=O)[C@@H]2CCC[C@@H]2CN)c(CN(C)C)c1.Cl.Cl. The highest BCUT2D eigenvalue weighted by Crippen LogP contribution is 2.32. The van der Waals surface area contributed by atoms with Crippen LogP contribution >= 0.6 is 24.8 Å². The van der Waals surface area contributed by atoms with Gasteiger partial charge in [0.1, 0.15) is 0 Å². The monoisotopic (exact) mass is 361 g/mol. The van der Waals surface area contributed by atoms with Gasteiger partial charge in [0.2, 0.25) is 5.91 Å². The zero-order chi connectivity index (χ0) is 15.4.